The number of carbonyl (C=O) groups excluding carboxylic acids is 1. The molecule has 1 aliphatic heterocycles. The molecular formula is C20H29N3O5. The van der Waals surface area contributed by atoms with Crippen LogP contribution in [0.3, 0.4) is 0 Å². The Balaban J connectivity index is 1.96. The minimum Gasteiger partial charge on any atom is -0.469 e. The lowest BCUT2D eigenvalue weighted by Crippen LogP contribution is -2.56. The van der Waals surface area contributed by atoms with Gasteiger partial charge in [0.25, 0.3) is 0 Å². The monoisotopic (exact) mass is 391 g/mol. The van der Waals surface area contributed by atoms with Crippen molar-refractivity contribution >= 4 is 5.97 Å². The van der Waals surface area contributed by atoms with Crippen LogP contribution in [0.2, 0.25) is 0 Å². The second-order valence-corrected chi connectivity index (χ2v) is 7.00. The highest BCUT2D eigenvalue weighted by Crippen LogP contribution is 2.29. The van der Waals surface area contributed by atoms with Crippen LogP contribution >= 0.6 is 0 Å². The van der Waals surface area contributed by atoms with Gasteiger partial charge in [0.05, 0.1) is 38.1 Å². The smallest absolute Gasteiger partial charge is 0.305 e. The second-order valence-electron chi connectivity index (χ2n) is 7.00. The van der Waals surface area contributed by atoms with Gasteiger partial charge in [0.15, 0.2) is 0 Å². The van der Waals surface area contributed by atoms with Crippen molar-refractivity contribution in [2.45, 2.75) is 76.1 Å². The molecule has 0 aromatic heterocycles. The van der Waals surface area contributed by atoms with Gasteiger partial charge in [0.2, 0.25) is 0 Å². The molecule has 0 amide bonds. The quantitative estimate of drug-likeness (QED) is 0.215. The zero-order valence-electron chi connectivity index (χ0n) is 16.4. The van der Waals surface area contributed by atoms with E-state index in [-0.39, 0.29) is 12.1 Å². The van der Waals surface area contributed by atoms with Crippen LogP contribution in [0.1, 0.15) is 44.6 Å². The van der Waals surface area contributed by atoms with Gasteiger partial charge < -0.3 is 19.3 Å². The van der Waals surface area contributed by atoms with Crippen LogP contribution in [0.15, 0.2) is 35.4 Å². The van der Waals surface area contributed by atoms with E-state index < -0.39 is 24.4 Å². The van der Waals surface area contributed by atoms with Crippen LogP contribution in [-0.2, 0) is 25.6 Å². The molecule has 2 rings (SSSR count). The lowest BCUT2D eigenvalue weighted by molar-refractivity contribution is -0.197. The van der Waals surface area contributed by atoms with E-state index in [1.807, 2.05) is 30.3 Å². The summed E-state index contributed by atoms with van der Waals surface area (Å²) in [6.07, 6.45) is 1.27. The topological polar surface area (TPSA) is 114 Å². The molecule has 154 valence electrons. The molecule has 1 heterocycles. The number of hydrogen-bond donors (Lipinski definition) is 1. The average Bonchev–Trinajstić information content (AvgIpc) is 2.71. The Bertz CT molecular complexity index is 651. The molecule has 0 aliphatic carbocycles. The standard InChI is InChI=1S/C20H29N3O5/c1-14-18(22-23-21)19(25)20(27-13-15-9-5-3-6-10-15)16(28-14)11-7-4-8-12-17(24)26-2/h3,5-6,9-10,14,16,18-20,25H,4,7-8,11-13H2,1-2H3/t14-,16?,18-,19+,20-/m1/s1. The predicted octanol–water partition coefficient (Wildman–Crippen LogP) is 3.52. The number of carbonyl (C=O) groups is 1. The summed E-state index contributed by atoms with van der Waals surface area (Å²) in [7, 11) is 1.38. The van der Waals surface area contributed by atoms with Gasteiger partial charge in [-0.3, -0.25) is 4.79 Å². The van der Waals surface area contributed by atoms with Crippen molar-refractivity contribution in [3.05, 3.63) is 46.3 Å². The lowest BCUT2D eigenvalue weighted by Gasteiger charge is -2.42. The minimum absolute atomic E-state index is 0.209. The number of benzene rings is 1. The van der Waals surface area contributed by atoms with E-state index in [1.165, 1.54) is 7.11 Å². The highest BCUT2D eigenvalue weighted by molar-refractivity contribution is 5.68. The largest absolute Gasteiger partial charge is 0.469 e. The predicted molar refractivity (Wildman–Crippen MR) is 103 cm³/mol. The van der Waals surface area contributed by atoms with E-state index in [2.05, 4.69) is 14.8 Å². The third kappa shape index (κ3) is 6.49. The van der Waals surface area contributed by atoms with Crippen molar-refractivity contribution in [3.8, 4) is 0 Å². The van der Waals surface area contributed by atoms with E-state index in [9.17, 15) is 9.90 Å². The second kappa shape index (κ2) is 11.7. The maximum absolute atomic E-state index is 11.2. The molecule has 0 radical (unpaired) electrons. The number of hydrogen-bond acceptors (Lipinski definition) is 6. The van der Waals surface area contributed by atoms with Gasteiger partial charge in [-0.1, -0.05) is 48.3 Å². The average molecular weight is 391 g/mol. The summed E-state index contributed by atoms with van der Waals surface area (Å²) in [6.45, 7) is 2.13. The fraction of sp³-hybridized carbons (Fsp3) is 0.650. The third-order valence-corrected chi connectivity index (χ3v) is 4.99. The molecule has 1 fully saturated rings. The van der Waals surface area contributed by atoms with Gasteiger partial charge in [-0.05, 0) is 30.9 Å². The first-order valence-electron chi connectivity index (χ1n) is 9.67. The molecule has 28 heavy (non-hydrogen) atoms. The molecule has 0 bridgehead atoms. The summed E-state index contributed by atoms with van der Waals surface area (Å²) in [5, 5.41) is 14.5. The van der Waals surface area contributed by atoms with Gasteiger partial charge in [0.1, 0.15) is 6.10 Å². The molecule has 5 atom stereocenters. The molecule has 0 spiro atoms. The van der Waals surface area contributed by atoms with Crippen molar-refractivity contribution in [2.24, 2.45) is 5.11 Å². The number of nitrogens with zero attached hydrogens (tertiary/aromatic N) is 3. The third-order valence-electron chi connectivity index (χ3n) is 4.99. The lowest BCUT2D eigenvalue weighted by atomic mass is 9.91. The highest BCUT2D eigenvalue weighted by atomic mass is 16.6. The molecule has 8 nitrogen and oxygen atoms in total. The van der Waals surface area contributed by atoms with Gasteiger partial charge in [-0.25, -0.2) is 0 Å². The van der Waals surface area contributed by atoms with Gasteiger partial charge in [0, 0.05) is 11.3 Å². The number of unbranched alkanes of at least 4 members (excludes halogenated alkanes) is 2. The number of aliphatic hydroxyl groups is 1. The van der Waals surface area contributed by atoms with Crippen LogP contribution < -0.4 is 0 Å². The number of esters is 1. The van der Waals surface area contributed by atoms with E-state index in [0.29, 0.717) is 19.4 Å². The molecule has 0 saturated carbocycles. The molecule has 8 heteroatoms. The first-order valence-corrected chi connectivity index (χ1v) is 9.67. The van der Waals surface area contributed by atoms with Gasteiger partial charge >= 0.3 is 5.97 Å². The van der Waals surface area contributed by atoms with Crippen LogP contribution in [-0.4, -0.2) is 48.6 Å². The Morgan fingerprint density at radius 3 is 2.71 bits per heavy atom. The van der Waals surface area contributed by atoms with Crippen molar-refractivity contribution in [1.29, 1.82) is 0 Å². The molecule has 1 aliphatic rings. The van der Waals surface area contributed by atoms with Crippen LogP contribution in [0.4, 0.5) is 0 Å². The first-order chi connectivity index (χ1) is 13.6. The zero-order chi connectivity index (χ0) is 20.4. The van der Waals surface area contributed by atoms with Crippen molar-refractivity contribution in [2.75, 3.05) is 7.11 Å². The fourth-order valence-corrected chi connectivity index (χ4v) is 3.45. The van der Waals surface area contributed by atoms with Gasteiger partial charge in [-0.2, -0.15) is 0 Å². The maximum Gasteiger partial charge on any atom is 0.305 e. The van der Waals surface area contributed by atoms with Crippen LogP contribution in [0.25, 0.3) is 10.4 Å². The number of ether oxygens (including phenoxy) is 3. The Morgan fingerprint density at radius 2 is 2.04 bits per heavy atom. The number of azide groups is 1. The molecule has 1 aromatic rings. The maximum atomic E-state index is 11.2. The van der Waals surface area contributed by atoms with E-state index in [1.54, 1.807) is 6.92 Å². The SMILES string of the molecule is COC(=O)CCCCCC1O[C@H](C)[C@@H](N=[N+]=[N-])[C@H](O)[C@@H]1OCc1ccccc1. The summed E-state index contributed by atoms with van der Waals surface area (Å²) in [6, 6.07) is 8.99. The van der Waals surface area contributed by atoms with E-state index >= 15 is 0 Å². The van der Waals surface area contributed by atoms with E-state index in [0.717, 1.165) is 24.8 Å². The number of aliphatic hydroxyl groups excluding tert-OH is 1. The summed E-state index contributed by atoms with van der Waals surface area (Å²) >= 11 is 0. The zero-order valence-corrected chi connectivity index (χ0v) is 16.4. The summed E-state index contributed by atoms with van der Waals surface area (Å²) in [5.41, 5.74) is 9.78. The van der Waals surface area contributed by atoms with Crippen LogP contribution in [0.5, 0.6) is 0 Å². The number of rotatable bonds is 10. The molecule has 1 saturated heterocycles. The summed E-state index contributed by atoms with van der Waals surface area (Å²) in [5.74, 6) is -0.209. The van der Waals surface area contributed by atoms with E-state index in [4.69, 9.17) is 15.0 Å². The molecule has 1 N–H and O–H groups in total. The molecule has 1 aromatic carbocycles. The summed E-state index contributed by atoms with van der Waals surface area (Å²) in [4.78, 5) is 14.0. The Labute approximate surface area is 165 Å². The van der Waals surface area contributed by atoms with Crippen LogP contribution in [0, 0.1) is 0 Å². The first kappa shape index (κ1) is 22.2. The Kier molecular flexibility index (Phi) is 9.23. The Morgan fingerprint density at radius 1 is 1.29 bits per heavy atom. The van der Waals surface area contributed by atoms with Crippen molar-refractivity contribution in [1.82, 2.24) is 0 Å². The van der Waals surface area contributed by atoms with Crippen molar-refractivity contribution in [3.63, 3.8) is 0 Å². The number of methoxy groups -OCH3 is 1. The van der Waals surface area contributed by atoms with Gasteiger partial charge in [-0.15, -0.1) is 0 Å². The van der Waals surface area contributed by atoms with Crippen molar-refractivity contribution < 1.29 is 24.1 Å². The summed E-state index contributed by atoms with van der Waals surface area (Å²) < 4.78 is 16.7. The normalized spacial score (nSPS) is 27.0. The highest BCUT2D eigenvalue weighted by Gasteiger charge is 2.43. The molecular weight excluding hydrogens is 362 g/mol. The Hall–Kier alpha value is -2.12. The molecule has 1 unspecified atom stereocenters. The fourth-order valence-electron chi connectivity index (χ4n) is 3.45. The minimum atomic E-state index is -0.941.